The van der Waals surface area contributed by atoms with Crippen LogP contribution in [0.25, 0.3) is 10.4 Å². The van der Waals surface area contributed by atoms with Gasteiger partial charge in [-0.1, -0.05) is 11.3 Å². The van der Waals surface area contributed by atoms with Crippen LogP contribution in [0, 0.1) is 10.1 Å². The summed E-state index contributed by atoms with van der Waals surface area (Å²) in [5.74, 6) is 0.506. The van der Waals surface area contributed by atoms with Crippen LogP contribution in [0.5, 0.6) is 5.88 Å². The fourth-order valence-electron chi connectivity index (χ4n) is 1.41. The smallest absolute Gasteiger partial charge is 0.324 e. The van der Waals surface area contributed by atoms with Crippen molar-refractivity contribution in [1.82, 2.24) is 4.98 Å². The van der Waals surface area contributed by atoms with E-state index in [2.05, 4.69) is 20.9 Å². The Morgan fingerprint density at radius 2 is 2.33 bits per heavy atom. The molecule has 0 aliphatic carbocycles. The summed E-state index contributed by atoms with van der Waals surface area (Å²) in [6, 6.07) is 4.98. The number of nitro groups is 1. The van der Waals surface area contributed by atoms with Gasteiger partial charge in [-0.25, -0.2) is 4.98 Å². The van der Waals surface area contributed by atoms with Gasteiger partial charge in [0.05, 0.1) is 11.5 Å². The van der Waals surface area contributed by atoms with Gasteiger partial charge in [0.25, 0.3) is 0 Å². The van der Waals surface area contributed by atoms with Crippen LogP contribution in [-0.4, -0.2) is 16.5 Å². The molecule has 0 saturated heterocycles. The standard InChI is InChI=1S/C11H9BrN2O3S/c1-2-17-10-5-7(8(12)6-13-10)9-3-4-11(18-9)14(15)16/h3-6H,2H2,1H3. The second-order valence-corrected chi connectivity index (χ2v) is 5.25. The van der Waals surface area contributed by atoms with Gasteiger partial charge >= 0.3 is 5.00 Å². The summed E-state index contributed by atoms with van der Waals surface area (Å²) in [6.07, 6.45) is 1.63. The first-order valence-corrected chi connectivity index (χ1v) is 6.75. The first-order valence-electron chi connectivity index (χ1n) is 5.14. The van der Waals surface area contributed by atoms with E-state index in [0.717, 1.165) is 26.3 Å². The van der Waals surface area contributed by atoms with Gasteiger partial charge in [0.2, 0.25) is 5.88 Å². The highest BCUT2D eigenvalue weighted by molar-refractivity contribution is 9.10. The molecule has 5 nitrogen and oxygen atoms in total. The molecule has 0 aliphatic heterocycles. The zero-order chi connectivity index (χ0) is 13.1. The lowest BCUT2D eigenvalue weighted by Crippen LogP contribution is -1.94. The minimum Gasteiger partial charge on any atom is -0.478 e. The molecule has 0 atom stereocenters. The number of ether oxygens (including phenoxy) is 1. The lowest BCUT2D eigenvalue weighted by molar-refractivity contribution is -0.380. The van der Waals surface area contributed by atoms with Gasteiger partial charge < -0.3 is 4.74 Å². The van der Waals surface area contributed by atoms with Gasteiger partial charge in [-0.05, 0) is 28.9 Å². The summed E-state index contributed by atoms with van der Waals surface area (Å²) in [7, 11) is 0. The van der Waals surface area contributed by atoms with Gasteiger partial charge in [0, 0.05) is 33.2 Å². The number of nitrogens with zero attached hydrogens (tertiary/aromatic N) is 2. The van der Waals surface area contributed by atoms with Crippen molar-refractivity contribution in [1.29, 1.82) is 0 Å². The predicted molar refractivity (Wildman–Crippen MR) is 73.1 cm³/mol. The maximum atomic E-state index is 10.7. The van der Waals surface area contributed by atoms with E-state index in [9.17, 15) is 10.1 Å². The molecule has 2 aromatic heterocycles. The Morgan fingerprint density at radius 3 is 2.94 bits per heavy atom. The largest absolute Gasteiger partial charge is 0.478 e. The van der Waals surface area contributed by atoms with Crippen molar-refractivity contribution in [3.8, 4) is 16.3 Å². The number of hydrogen-bond donors (Lipinski definition) is 0. The van der Waals surface area contributed by atoms with Gasteiger partial charge in [-0.15, -0.1) is 0 Å². The fourth-order valence-corrected chi connectivity index (χ4v) is 2.82. The molecule has 2 aromatic rings. The molecule has 2 rings (SSSR count). The predicted octanol–water partition coefficient (Wildman–Crippen LogP) is 3.88. The number of thiophene rings is 1. The summed E-state index contributed by atoms with van der Waals surface area (Å²) in [4.78, 5) is 15.2. The first-order chi connectivity index (χ1) is 8.61. The zero-order valence-corrected chi connectivity index (χ0v) is 11.8. The lowest BCUT2D eigenvalue weighted by Gasteiger charge is -2.05. The Hall–Kier alpha value is -1.47. The third-order valence-corrected chi connectivity index (χ3v) is 3.86. The van der Waals surface area contributed by atoms with Crippen molar-refractivity contribution in [2.45, 2.75) is 6.92 Å². The summed E-state index contributed by atoms with van der Waals surface area (Å²) in [5.41, 5.74) is 0.839. The molecule has 0 radical (unpaired) electrons. The molecule has 94 valence electrons. The highest BCUT2D eigenvalue weighted by Gasteiger charge is 2.14. The van der Waals surface area contributed by atoms with E-state index in [1.54, 1.807) is 18.3 Å². The van der Waals surface area contributed by atoms with Gasteiger partial charge in [-0.2, -0.15) is 0 Å². The van der Waals surface area contributed by atoms with Crippen LogP contribution in [0.4, 0.5) is 5.00 Å². The van der Waals surface area contributed by atoms with Crippen LogP contribution in [0.3, 0.4) is 0 Å². The molecule has 0 saturated carbocycles. The lowest BCUT2D eigenvalue weighted by atomic mass is 10.2. The van der Waals surface area contributed by atoms with Crippen molar-refractivity contribution >= 4 is 32.3 Å². The monoisotopic (exact) mass is 328 g/mol. The summed E-state index contributed by atoms with van der Waals surface area (Å²) >= 11 is 4.51. The van der Waals surface area contributed by atoms with Crippen LogP contribution in [-0.2, 0) is 0 Å². The molecule has 0 fully saturated rings. The van der Waals surface area contributed by atoms with Gasteiger partial charge in [0.15, 0.2) is 0 Å². The number of hydrogen-bond acceptors (Lipinski definition) is 5. The minimum atomic E-state index is -0.396. The SMILES string of the molecule is CCOc1cc(-c2ccc([N+](=O)[O-])s2)c(Br)cn1. The Balaban J connectivity index is 2.41. The summed E-state index contributed by atoms with van der Waals surface area (Å²) in [6.45, 7) is 2.40. The van der Waals surface area contributed by atoms with E-state index in [-0.39, 0.29) is 5.00 Å². The van der Waals surface area contributed by atoms with Crippen LogP contribution in [0.2, 0.25) is 0 Å². The molecule has 0 spiro atoms. The average molecular weight is 329 g/mol. The third kappa shape index (κ3) is 2.68. The van der Waals surface area contributed by atoms with Crippen molar-refractivity contribution in [3.05, 3.63) is 39.0 Å². The molecule has 0 unspecified atom stereocenters. The topological polar surface area (TPSA) is 65.3 Å². The number of pyridine rings is 1. The highest BCUT2D eigenvalue weighted by atomic mass is 79.9. The zero-order valence-electron chi connectivity index (χ0n) is 9.42. The van der Waals surface area contributed by atoms with E-state index < -0.39 is 4.92 Å². The molecular formula is C11H9BrN2O3S. The minimum absolute atomic E-state index is 0.117. The van der Waals surface area contributed by atoms with Crippen molar-refractivity contribution < 1.29 is 9.66 Å². The van der Waals surface area contributed by atoms with Crippen LogP contribution in [0.15, 0.2) is 28.9 Å². The molecular weight excluding hydrogens is 320 g/mol. The molecule has 0 aliphatic rings. The van der Waals surface area contributed by atoms with Gasteiger partial charge in [-0.3, -0.25) is 10.1 Å². The molecule has 2 heterocycles. The number of aromatic nitrogens is 1. The normalized spacial score (nSPS) is 10.3. The van der Waals surface area contributed by atoms with Crippen molar-refractivity contribution in [3.63, 3.8) is 0 Å². The van der Waals surface area contributed by atoms with E-state index >= 15 is 0 Å². The highest BCUT2D eigenvalue weighted by Crippen LogP contribution is 2.37. The van der Waals surface area contributed by atoms with Crippen molar-refractivity contribution in [2.24, 2.45) is 0 Å². The van der Waals surface area contributed by atoms with Gasteiger partial charge in [0.1, 0.15) is 0 Å². The quantitative estimate of drug-likeness (QED) is 0.631. The Morgan fingerprint density at radius 1 is 1.56 bits per heavy atom. The second-order valence-electron chi connectivity index (χ2n) is 3.33. The molecule has 0 bridgehead atoms. The maximum Gasteiger partial charge on any atom is 0.324 e. The molecule has 7 heteroatoms. The maximum absolute atomic E-state index is 10.7. The fraction of sp³-hybridized carbons (Fsp3) is 0.182. The van der Waals surface area contributed by atoms with E-state index in [1.807, 2.05) is 6.92 Å². The molecule has 0 aromatic carbocycles. The van der Waals surface area contributed by atoms with E-state index in [1.165, 1.54) is 6.07 Å². The molecule has 0 N–H and O–H groups in total. The van der Waals surface area contributed by atoms with Crippen LogP contribution in [0.1, 0.15) is 6.92 Å². The number of halogens is 1. The second kappa shape index (κ2) is 5.45. The Kier molecular flexibility index (Phi) is 3.93. The third-order valence-electron chi connectivity index (χ3n) is 2.16. The van der Waals surface area contributed by atoms with Crippen molar-refractivity contribution in [2.75, 3.05) is 6.61 Å². The molecule has 18 heavy (non-hydrogen) atoms. The summed E-state index contributed by atoms with van der Waals surface area (Å²) in [5, 5.41) is 10.8. The average Bonchev–Trinajstić information content (AvgIpc) is 2.81. The van der Waals surface area contributed by atoms with E-state index in [4.69, 9.17) is 4.74 Å². The Bertz CT molecular complexity index is 585. The van der Waals surface area contributed by atoms with E-state index in [0.29, 0.717) is 12.5 Å². The number of rotatable bonds is 4. The molecule has 0 amide bonds. The van der Waals surface area contributed by atoms with Crippen LogP contribution < -0.4 is 4.74 Å². The summed E-state index contributed by atoms with van der Waals surface area (Å²) < 4.78 is 6.10. The first kappa shape index (κ1) is 13.0. The Labute approximate surface area is 116 Å². The van der Waals surface area contributed by atoms with Crippen LogP contribution >= 0.6 is 27.3 Å².